The van der Waals surface area contributed by atoms with Gasteiger partial charge in [0.2, 0.25) is 0 Å². The van der Waals surface area contributed by atoms with Crippen molar-refractivity contribution in [1.82, 2.24) is 5.32 Å². The van der Waals surface area contributed by atoms with Crippen LogP contribution in [0.5, 0.6) is 5.75 Å². The van der Waals surface area contributed by atoms with E-state index in [1.165, 1.54) is 11.1 Å². The van der Waals surface area contributed by atoms with Crippen LogP contribution >= 0.6 is 0 Å². The predicted molar refractivity (Wildman–Crippen MR) is 113 cm³/mol. The number of nitrogens with one attached hydrogen (secondary N) is 1. The Morgan fingerprint density at radius 2 is 1.86 bits per heavy atom. The summed E-state index contributed by atoms with van der Waals surface area (Å²) in [5.74, 6) is 0.907. The monoisotopic (exact) mass is 373 g/mol. The van der Waals surface area contributed by atoms with Crippen molar-refractivity contribution in [3.63, 3.8) is 0 Å². The topological polar surface area (TPSA) is 51.5 Å². The van der Waals surface area contributed by atoms with Gasteiger partial charge in [0, 0.05) is 18.0 Å². The molecule has 0 saturated carbocycles. The summed E-state index contributed by atoms with van der Waals surface area (Å²) in [5, 5.41) is 6.70. The third-order valence-corrected chi connectivity index (χ3v) is 5.04. The van der Waals surface area contributed by atoms with Gasteiger partial charge in [-0.25, -0.2) is 4.79 Å². The van der Waals surface area contributed by atoms with E-state index in [1.807, 2.05) is 30.3 Å². The summed E-state index contributed by atoms with van der Waals surface area (Å²) < 4.78 is 10.9. The molecule has 4 rings (SSSR count). The lowest BCUT2D eigenvalue weighted by atomic mass is 10.0. The fourth-order valence-electron chi connectivity index (χ4n) is 3.71. The van der Waals surface area contributed by atoms with Gasteiger partial charge in [0.25, 0.3) is 0 Å². The van der Waals surface area contributed by atoms with Gasteiger partial charge in [-0.05, 0) is 53.9 Å². The Morgan fingerprint density at radius 1 is 1.00 bits per heavy atom. The lowest BCUT2D eigenvalue weighted by Crippen LogP contribution is -2.18. The van der Waals surface area contributed by atoms with E-state index in [0.717, 1.165) is 40.4 Å². The number of ether oxygens (including phenoxy) is 1. The molecule has 0 aliphatic carbocycles. The van der Waals surface area contributed by atoms with E-state index < -0.39 is 0 Å². The molecule has 0 fully saturated rings. The van der Waals surface area contributed by atoms with Crippen LogP contribution in [0.1, 0.15) is 16.7 Å². The predicted octanol–water partition coefficient (Wildman–Crippen LogP) is 4.60. The molecule has 4 aromatic rings. The fourth-order valence-corrected chi connectivity index (χ4v) is 3.71. The van der Waals surface area contributed by atoms with E-state index in [0.29, 0.717) is 12.1 Å². The van der Waals surface area contributed by atoms with Gasteiger partial charge in [-0.2, -0.15) is 0 Å². The lowest BCUT2D eigenvalue weighted by molar-refractivity contribution is 0.409. The van der Waals surface area contributed by atoms with Crippen molar-refractivity contribution in [3.05, 3.63) is 87.8 Å². The van der Waals surface area contributed by atoms with Gasteiger partial charge in [0.05, 0.1) is 7.11 Å². The van der Waals surface area contributed by atoms with Crippen LogP contribution in [-0.2, 0) is 13.0 Å². The maximum Gasteiger partial charge on any atom is 0.336 e. The van der Waals surface area contributed by atoms with Crippen LogP contribution in [0.3, 0.4) is 0 Å². The normalized spacial score (nSPS) is 11.2. The van der Waals surface area contributed by atoms with Gasteiger partial charge in [0.15, 0.2) is 0 Å². The average Bonchev–Trinajstić information content (AvgIpc) is 2.70. The number of methoxy groups -OCH3 is 1. The van der Waals surface area contributed by atoms with Crippen LogP contribution in [0.4, 0.5) is 0 Å². The minimum absolute atomic E-state index is 0.320. The van der Waals surface area contributed by atoms with E-state index >= 15 is 0 Å². The molecule has 0 radical (unpaired) electrons. The second kappa shape index (κ2) is 7.87. The van der Waals surface area contributed by atoms with Crippen LogP contribution in [-0.4, -0.2) is 13.7 Å². The average molecular weight is 373 g/mol. The van der Waals surface area contributed by atoms with Gasteiger partial charge < -0.3 is 14.5 Å². The van der Waals surface area contributed by atoms with Gasteiger partial charge in [-0.1, -0.05) is 48.0 Å². The third-order valence-electron chi connectivity index (χ3n) is 5.04. The molecule has 0 unspecified atom stereocenters. The van der Waals surface area contributed by atoms with E-state index in [9.17, 15) is 4.79 Å². The molecule has 4 heteroatoms. The minimum atomic E-state index is -0.320. The minimum Gasteiger partial charge on any atom is -0.496 e. The number of benzene rings is 3. The van der Waals surface area contributed by atoms with Crippen molar-refractivity contribution in [2.24, 2.45) is 0 Å². The van der Waals surface area contributed by atoms with Crippen molar-refractivity contribution < 1.29 is 9.15 Å². The van der Waals surface area contributed by atoms with Crippen LogP contribution in [0.2, 0.25) is 0 Å². The molecule has 0 aliphatic rings. The molecule has 0 saturated heterocycles. The maximum absolute atomic E-state index is 12.0. The van der Waals surface area contributed by atoms with E-state index in [-0.39, 0.29) is 5.63 Å². The highest BCUT2D eigenvalue weighted by atomic mass is 16.5. The quantitative estimate of drug-likeness (QED) is 0.305. The molecule has 0 bridgehead atoms. The van der Waals surface area contributed by atoms with E-state index in [2.05, 4.69) is 36.5 Å². The van der Waals surface area contributed by atoms with Gasteiger partial charge in [0.1, 0.15) is 11.3 Å². The highest BCUT2D eigenvalue weighted by Crippen LogP contribution is 2.27. The standard InChI is InChI=1S/C24H23NO3/c1-16-7-9-21(27-2)18(13-16)11-12-25-15-19-14-23(26)28-22-10-8-17-5-3-4-6-20(17)24(19)22/h3-10,13-14,25H,11-12,15H2,1-2H3. The first-order valence-electron chi connectivity index (χ1n) is 9.44. The zero-order valence-corrected chi connectivity index (χ0v) is 16.1. The summed E-state index contributed by atoms with van der Waals surface area (Å²) in [6, 6.07) is 19.8. The molecule has 0 amide bonds. The summed E-state index contributed by atoms with van der Waals surface area (Å²) in [7, 11) is 1.70. The molecule has 4 nitrogen and oxygen atoms in total. The molecule has 1 aromatic heterocycles. The number of hydrogen-bond acceptors (Lipinski definition) is 4. The smallest absolute Gasteiger partial charge is 0.336 e. The first-order chi connectivity index (χ1) is 13.7. The van der Waals surface area contributed by atoms with Crippen LogP contribution in [0.15, 0.2) is 69.9 Å². The molecular weight excluding hydrogens is 350 g/mol. The van der Waals surface area contributed by atoms with E-state index in [1.54, 1.807) is 13.2 Å². The molecular formula is C24H23NO3. The first-order valence-corrected chi connectivity index (χ1v) is 9.44. The first kappa shape index (κ1) is 18.3. The van der Waals surface area contributed by atoms with Crippen LogP contribution in [0.25, 0.3) is 21.7 Å². The molecule has 3 aromatic carbocycles. The largest absolute Gasteiger partial charge is 0.496 e. The highest BCUT2D eigenvalue weighted by Gasteiger charge is 2.10. The maximum atomic E-state index is 12.0. The second-order valence-electron chi connectivity index (χ2n) is 6.99. The summed E-state index contributed by atoms with van der Waals surface area (Å²) >= 11 is 0. The van der Waals surface area contributed by atoms with Crippen molar-refractivity contribution in [1.29, 1.82) is 0 Å². The summed E-state index contributed by atoms with van der Waals surface area (Å²) in [5.41, 5.74) is 3.66. The van der Waals surface area contributed by atoms with Crippen molar-refractivity contribution in [3.8, 4) is 5.75 Å². The summed E-state index contributed by atoms with van der Waals surface area (Å²) in [6.07, 6.45) is 0.852. The molecule has 0 aliphatic heterocycles. The molecule has 142 valence electrons. The summed E-state index contributed by atoms with van der Waals surface area (Å²) in [4.78, 5) is 12.0. The zero-order valence-electron chi connectivity index (χ0n) is 16.1. The highest BCUT2D eigenvalue weighted by molar-refractivity contribution is 6.07. The number of aryl methyl sites for hydroxylation is 1. The van der Waals surface area contributed by atoms with Crippen molar-refractivity contribution >= 4 is 21.7 Å². The number of rotatable bonds is 6. The van der Waals surface area contributed by atoms with Crippen molar-refractivity contribution in [2.45, 2.75) is 19.9 Å². The Balaban J connectivity index is 1.58. The van der Waals surface area contributed by atoms with Crippen molar-refractivity contribution in [2.75, 3.05) is 13.7 Å². The second-order valence-corrected chi connectivity index (χ2v) is 6.99. The molecule has 1 N–H and O–H groups in total. The SMILES string of the molecule is COc1ccc(C)cc1CCNCc1cc(=O)oc2ccc3ccccc3c12. The van der Waals surface area contributed by atoms with Crippen LogP contribution in [0, 0.1) is 6.92 Å². The molecule has 0 spiro atoms. The molecule has 1 heterocycles. The Hall–Kier alpha value is -3.11. The van der Waals surface area contributed by atoms with Gasteiger partial charge >= 0.3 is 5.63 Å². The number of hydrogen-bond donors (Lipinski definition) is 1. The molecule has 28 heavy (non-hydrogen) atoms. The molecule has 0 atom stereocenters. The number of fused-ring (bicyclic) bond motifs is 3. The fraction of sp³-hybridized carbons (Fsp3) is 0.208. The lowest BCUT2D eigenvalue weighted by Gasteiger charge is -2.12. The Kier molecular flexibility index (Phi) is 5.13. The van der Waals surface area contributed by atoms with Gasteiger partial charge in [-0.3, -0.25) is 0 Å². The summed E-state index contributed by atoms with van der Waals surface area (Å²) in [6.45, 7) is 3.47. The van der Waals surface area contributed by atoms with Crippen LogP contribution < -0.4 is 15.7 Å². The Labute approximate surface area is 163 Å². The zero-order chi connectivity index (χ0) is 19.5. The van der Waals surface area contributed by atoms with E-state index in [4.69, 9.17) is 9.15 Å². The Morgan fingerprint density at radius 3 is 2.71 bits per heavy atom. The Bertz CT molecular complexity index is 1190. The van der Waals surface area contributed by atoms with Gasteiger partial charge in [-0.15, -0.1) is 0 Å². The third kappa shape index (κ3) is 3.64.